The molecule has 0 bridgehead atoms. The predicted molar refractivity (Wildman–Crippen MR) is 95.6 cm³/mol. The Morgan fingerprint density at radius 2 is 2.00 bits per heavy atom. The van der Waals surface area contributed by atoms with Crippen molar-refractivity contribution in [3.63, 3.8) is 0 Å². The molecular formula is C20H18N2O3. The lowest BCUT2D eigenvalue weighted by Crippen LogP contribution is -2.11. The molecule has 2 aromatic heterocycles. The summed E-state index contributed by atoms with van der Waals surface area (Å²) in [6.45, 7) is 3.99. The van der Waals surface area contributed by atoms with Crippen molar-refractivity contribution in [2.24, 2.45) is 0 Å². The van der Waals surface area contributed by atoms with Crippen molar-refractivity contribution in [1.82, 2.24) is 4.98 Å². The summed E-state index contributed by atoms with van der Waals surface area (Å²) in [5.74, 6) is 1.68. The van der Waals surface area contributed by atoms with Crippen molar-refractivity contribution < 1.29 is 13.9 Å². The summed E-state index contributed by atoms with van der Waals surface area (Å²) >= 11 is 0. The van der Waals surface area contributed by atoms with Gasteiger partial charge in [-0.15, -0.1) is 6.58 Å². The molecule has 1 N–H and O–H groups in total. The second-order valence-electron chi connectivity index (χ2n) is 5.32. The number of anilines is 1. The Bertz CT molecular complexity index is 856. The minimum absolute atomic E-state index is 0.212. The molecule has 1 aromatic carbocycles. The summed E-state index contributed by atoms with van der Waals surface area (Å²) in [4.78, 5) is 16.2. The summed E-state index contributed by atoms with van der Waals surface area (Å²) in [6, 6.07) is 16.4. The smallest absolute Gasteiger partial charge is 0.292 e. The maximum absolute atomic E-state index is 12.1. The largest absolute Gasteiger partial charge is 0.485 e. The molecular weight excluding hydrogens is 316 g/mol. The maximum atomic E-state index is 12.1. The zero-order valence-electron chi connectivity index (χ0n) is 13.6. The number of ether oxygens (including phenoxy) is 1. The number of carbonyl (C=O) groups excluding carboxylic acids is 1. The first-order chi connectivity index (χ1) is 12.3. The Labute approximate surface area is 146 Å². The molecule has 5 heteroatoms. The van der Waals surface area contributed by atoms with Crippen molar-refractivity contribution in [2.45, 2.75) is 13.0 Å². The first-order valence-electron chi connectivity index (χ1n) is 7.89. The van der Waals surface area contributed by atoms with Gasteiger partial charge in [-0.25, -0.2) is 4.98 Å². The standard InChI is InChI=1S/C20H18N2O3/c1-2-7-15-8-3-4-9-17(15)24-14-16-11-12-18(25-16)20(23)22-19-10-5-6-13-21-19/h2-6,8-13H,1,7,14H2,(H,21,22,23). The molecule has 25 heavy (non-hydrogen) atoms. The Kier molecular flexibility index (Phi) is 5.26. The number of aromatic nitrogens is 1. The van der Waals surface area contributed by atoms with E-state index in [1.54, 1.807) is 36.5 Å². The van der Waals surface area contributed by atoms with Crippen molar-refractivity contribution in [2.75, 3.05) is 5.32 Å². The molecule has 0 aliphatic heterocycles. The van der Waals surface area contributed by atoms with Crippen LogP contribution in [0.4, 0.5) is 5.82 Å². The number of nitrogens with one attached hydrogen (secondary N) is 1. The molecule has 2 heterocycles. The number of para-hydroxylation sites is 1. The van der Waals surface area contributed by atoms with Crippen LogP contribution in [0.5, 0.6) is 5.75 Å². The molecule has 3 rings (SSSR count). The van der Waals surface area contributed by atoms with E-state index in [0.717, 1.165) is 17.7 Å². The molecule has 5 nitrogen and oxygen atoms in total. The van der Waals surface area contributed by atoms with Crippen LogP contribution in [-0.4, -0.2) is 10.9 Å². The lowest BCUT2D eigenvalue weighted by Gasteiger charge is -2.08. The zero-order chi connectivity index (χ0) is 17.5. The van der Waals surface area contributed by atoms with Gasteiger partial charge in [0, 0.05) is 6.20 Å². The van der Waals surface area contributed by atoms with E-state index in [2.05, 4.69) is 16.9 Å². The maximum Gasteiger partial charge on any atom is 0.292 e. The highest BCUT2D eigenvalue weighted by Gasteiger charge is 2.12. The fraction of sp³-hybridized carbons (Fsp3) is 0.100. The summed E-state index contributed by atoms with van der Waals surface area (Å²) in [5, 5.41) is 2.68. The van der Waals surface area contributed by atoms with Gasteiger partial charge in [-0.3, -0.25) is 4.79 Å². The van der Waals surface area contributed by atoms with E-state index in [-0.39, 0.29) is 18.3 Å². The normalized spacial score (nSPS) is 10.2. The van der Waals surface area contributed by atoms with Gasteiger partial charge in [0.05, 0.1) is 0 Å². The minimum atomic E-state index is -0.350. The van der Waals surface area contributed by atoms with Crippen LogP contribution in [-0.2, 0) is 13.0 Å². The molecule has 0 aliphatic rings. The van der Waals surface area contributed by atoms with E-state index in [0.29, 0.717) is 11.6 Å². The number of amides is 1. The number of hydrogen-bond acceptors (Lipinski definition) is 4. The fourth-order valence-electron chi connectivity index (χ4n) is 2.31. The number of pyridine rings is 1. The zero-order valence-corrected chi connectivity index (χ0v) is 13.6. The van der Waals surface area contributed by atoms with Gasteiger partial charge in [0.25, 0.3) is 5.91 Å². The summed E-state index contributed by atoms with van der Waals surface area (Å²) in [5.41, 5.74) is 1.05. The van der Waals surface area contributed by atoms with Crippen LogP contribution < -0.4 is 10.1 Å². The highest BCUT2D eigenvalue weighted by Crippen LogP contribution is 2.21. The first-order valence-corrected chi connectivity index (χ1v) is 7.89. The van der Waals surface area contributed by atoms with E-state index >= 15 is 0 Å². The lowest BCUT2D eigenvalue weighted by molar-refractivity contribution is 0.0992. The molecule has 126 valence electrons. The Balaban J connectivity index is 1.62. The van der Waals surface area contributed by atoms with Gasteiger partial charge < -0.3 is 14.5 Å². The molecule has 0 saturated heterocycles. The van der Waals surface area contributed by atoms with Crippen LogP contribution in [0, 0.1) is 0 Å². The van der Waals surface area contributed by atoms with Crippen LogP contribution in [0.2, 0.25) is 0 Å². The van der Waals surface area contributed by atoms with Gasteiger partial charge in [-0.05, 0) is 42.3 Å². The second-order valence-corrected chi connectivity index (χ2v) is 5.32. The van der Waals surface area contributed by atoms with Crippen LogP contribution in [0.3, 0.4) is 0 Å². The van der Waals surface area contributed by atoms with Crippen LogP contribution in [0.25, 0.3) is 0 Å². The lowest BCUT2D eigenvalue weighted by atomic mass is 10.1. The average Bonchev–Trinajstić information content (AvgIpc) is 3.11. The highest BCUT2D eigenvalue weighted by molar-refractivity contribution is 6.01. The van der Waals surface area contributed by atoms with Gasteiger partial charge in [0.1, 0.15) is 23.9 Å². The summed E-state index contributed by atoms with van der Waals surface area (Å²) < 4.78 is 11.4. The minimum Gasteiger partial charge on any atom is -0.485 e. The molecule has 1 amide bonds. The van der Waals surface area contributed by atoms with Crippen LogP contribution >= 0.6 is 0 Å². The molecule has 0 spiro atoms. The predicted octanol–water partition coefficient (Wildman–Crippen LogP) is 4.23. The highest BCUT2D eigenvalue weighted by atomic mass is 16.5. The second kappa shape index (κ2) is 7.97. The van der Waals surface area contributed by atoms with Crippen molar-refractivity contribution >= 4 is 11.7 Å². The fourth-order valence-corrected chi connectivity index (χ4v) is 2.31. The van der Waals surface area contributed by atoms with Gasteiger partial charge in [-0.1, -0.05) is 30.3 Å². The Morgan fingerprint density at radius 1 is 1.16 bits per heavy atom. The summed E-state index contributed by atoms with van der Waals surface area (Å²) in [6.07, 6.45) is 4.17. The van der Waals surface area contributed by atoms with Gasteiger partial charge in [0.15, 0.2) is 5.76 Å². The summed E-state index contributed by atoms with van der Waals surface area (Å²) in [7, 11) is 0. The van der Waals surface area contributed by atoms with E-state index < -0.39 is 0 Å². The van der Waals surface area contributed by atoms with E-state index in [9.17, 15) is 4.79 Å². The third-order valence-electron chi connectivity index (χ3n) is 3.50. The first kappa shape index (κ1) is 16.5. The molecule has 0 fully saturated rings. The molecule has 0 saturated carbocycles. The quantitative estimate of drug-likeness (QED) is 0.657. The number of furan rings is 1. The SMILES string of the molecule is C=CCc1ccccc1OCc1ccc(C(=O)Nc2ccccn2)o1. The third kappa shape index (κ3) is 4.35. The van der Waals surface area contributed by atoms with Crippen molar-refractivity contribution in [3.8, 4) is 5.75 Å². The van der Waals surface area contributed by atoms with E-state index in [1.807, 2.05) is 30.3 Å². The van der Waals surface area contributed by atoms with Gasteiger partial charge in [-0.2, -0.15) is 0 Å². The number of benzene rings is 1. The number of nitrogens with zero attached hydrogens (tertiary/aromatic N) is 1. The van der Waals surface area contributed by atoms with Crippen LogP contribution in [0.1, 0.15) is 21.9 Å². The third-order valence-corrected chi connectivity index (χ3v) is 3.50. The topological polar surface area (TPSA) is 64.4 Å². The Hall–Kier alpha value is -3.34. The molecule has 0 radical (unpaired) electrons. The van der Waals surface area contributed by atoms with Crippen molar-refractivity contribution in [3.05, 3.63) is 90.5 Å². The average molecular weight is 334 g/mol. The number of carbonyl (C=O) groups is 1. The van der Waals surface area contributed by atoms with Gasteiger partial charge in [0.2, 0.25) is 0 Å². The number of rotatable bonds is 7. The number of allylic oxidation sites excluding steroid dienone is 1. The molecule has 0 unspecified atom stereocenters. The Morgan fingerprint density at radius 3 is 2.80 bits per heavy atom. The van der Waals surface area contributed by atoms with E-state index in [1.165, 1.54) is 0 Å². The monoisotopic (exact) mass is 334 g/mol. The van der Waals surface area contributed by atoms with Crippen LogP contribution in [0.15, 0.2) is 77.9 Å². The van der Waals surface area contributed by atoms with Crippen molar-refractivity contribution in [1.29, 1.82) is 0 Å². The molecule has 3 aromatic rings. The van der Waals surface area contributed by atoms with Gasteiger partial charge >= 0.3 is 0 Å². The number of hydrogen-bond donors (Lipinski definition) is 1. The van der Waals surface area contributed by atoms with E-state index in [4.69, 9.17) is 9.15 Å². The molecule has 0 atom stereocenters. The molecule has 0 aliphatic carbocycles.